The van der Waals surface area contributed by atoms with E-state index in [0.29, 0.717) is 11.3 Å². The number of thiophene rings is 1. The Morgan fingerprint density at radius 3 is 1.52 bits per heavy atom. The molecule has 0 fully saturated rings. The number of rotatable bonds is 5. The molecule has 50 heavy (non-hydrogen) atoms. The molecule has 0 saturated heterocycles. The van der Waals surface area contributed by atoms with Crippen molar-refractivity contribution in [3.63, 3.8) is 0 Å². The second-order valence-corrected chi connectivity index (χ2v) is 11.3. The van der Waals surface area contributed by atoms with Crippen LogP contribution in [0.15, 0.2) is 168 Å². The first-order valence-corrected chi connectivity index (χ1v) is 15.2. The van der Waals surface area contributed by atoms with Crippen LogP contribution in [-0.2, 0) is 0 Å². The fraction of sp³-hybridized carbons (Fsp3) is 0. The van der Waals surface area contributed by atoms with Crippen LogP contribution in [0.2, 0.25) is 0 Å². The highest BCUT2D eigenvalue weighted by Gasteiger charge is 2.16. The monoisotopic (exact) mass is 684 g/mol. The molecule has 5 heteroatoms. The Balaban J connectivity index is 1.29. The predicted molar refractivity (Wildman–Crippen MR) is 207 cm³/mol. The number of hydrogen-bond acceptors (Lipinski definition) is 5. The summed E-state index contributed by atoms with van der Waals surface area (Å²) in [6, 6.07) is -22.2. The van der Waals surface area contributed by atoms with Crippen molar-refractivity contribution < 1.29 is 41.4 Å². The van der Waals surface area contributed by atoms with E-state index in [1.807, 2.05) is 0 Å². The average Bonchev–Trinajstić information content (AvgIpc) is 4.25. The average molecular weight is 685 g/mol. The van der Waals surface area contributed by atoms with Crippen LogP contribution in [0, 0.1) is 0 Å². The Labute approximate surface area is 329 Å². The van der Waals surface area contributed by atoms with Crippen LogP contribution >= 0.6 is 11.3 Å². The van der Waals surface area contributed by atoms with Gasteiger partial charge in [-0.1, -0.05) is 133 Å². The van der Waals surface area contributed by atoms with E-state index in [9.17, 15) is 11.0 Å². The van der Waals surface area contributed by atoms with Gasteiger partial charge in [0.05, 0.1) is 37.0 Å². The van der Waals surface area contributed by atoms with Gasteiger partial charge in [-0.3, -0.25) is 0 Å². The number of furan rings is 1. The Morgan fingerprint density at radius 2 is 0.860 bits per heavy atom. The van der Waals surface area contributed by atoms with Crippen molar-refractivity contribution in [1.29, 1.82) is 0 Å². The van der Waals surface area contributed by atoms with Crippen LogP contribution in [0.25, 0.3) is 98.5 Å². The molecule has 0 N–H and O–H groups in total. The van der Waals surface area contributed by atoms with Crippen molar-refractivity contribution in [3.8, 4) is 56.4 Å². The van der Waals surface area contributed by atoms with Crippen molar-refractivity contribution in [1.82, 2.24) is 15.0 Å². The van der Waals surface area contributed by atoms with Crippen molar-refractivity contribution in [2.75, 3.05) is 0 Å². The first-order chi connectivity index (χ1) is 36.0. The first-order valence-electron chi connectivity index (χ1n) is 27.9. The summed E-state index contributed by atoms with van der Waals surface area (Å²) >= 11 is 0.544. The fourth-order valence-electron chi connectivity index (χ4n) is 5.17. The second-order valence-electron chi connectivity index (χ2n) is 10.3. The van der Waals surface area contributed by atoms with Gasteiger partial charge < -0.3 is 4.42 Å². The van der Waals surface area contributed by atoms with Gasteiger partial charge in [0.25, 0.3) is 0 Å². The molecule has 0 saturated carbocycles. The Kier molecular flexibility index (Phi) is 2.90. The van der Waals surface area contributed by atoms with Crippen molar-refractivity contribution in [2.45, 2.75) is 0 Å². The number of fused-ring (bicyclic) bond motifs is 6. The molecule has 0 atom stereocenters. The number of hydrogen-bond donors (Lipinski definition) is 0. The molecule has 0 unspecified atom stereocenters. The molecule has 10 rings (SSSR count). The standard InChI is InChI=1S/C45H27N3OS/c1-3-11-28(12-4-1)43-46-44(29-13-5-2-6-14-29)48-45(47-43)32-20-23-37-36-22-19-31(26-41(36)50-42(37)27-32)34-16-8-7-15-33(34)30-21-24-40-38(25-30)35-17-9-10-18-39(35)49-40/h1-27H/i1D,2D,3D,4D,5D,6D,7D,8D,9D,10D,11D,12D,13D,14D,15D,16D,17D,18D,19D,20D,21D,22D,23D,24D,25D,26D,27D. The van der Waals surface area contributed by atoms with E-state index in [0.717, 1.165) is 0 Å². The SMILES string of the molecule is [2H]c1c([2H])c([2H])c(-c2nc(-c3c([2H])c([2H])c([2H])c([2H])c3[2H])nc(-c3c([2H])c([2H])c4c(sc5c([2H])c(-c6c([2H])c([2H])c([2H])c([2H])c6-c6c([2H])c([2H])c7oc8c([2H])c([2H])c([2H])c([2H])c8c7c6[2H])c([2H])c([2H])c54)c3[2H])n2)c([2H])c1[2H]. The maximum absolute atomic E-state index is 9.66. The van der Waals surface area contributed by atoms with E-state index in [2.05, 4.69) is 15.0 Å². The van der Waals surface area contributed by atoms with Gasteiger partial charge in [-0.05, 0) is 52.5 Å². The summed E-state index contributed by atoms with van der Waals surface area (Å²) in [6.07, 6.45) is 0. The molecule has 0 spiro atoms. The number of benzene rings is 7. The highest BCUT2D eigenvalue weighted by atomic mass is 32.1. The molecule has 4 nitrogen and oxygen atoms in total. The lowest BCUT2D eigenvalue weighted by molar-refractivity contribution is 0.669. The summed E-state index contributed by atoms with van der Waals surface area (Å²) in [5.41, 5.74) is -5.75. The van der Waals surface area contributed by atoms with Crippen LogP contribution in [0.3, 0.4) is 0 Å². The summed E-state index contributed by atoms with van der Waals surface area (Å²) < 4.78 is 243. The highest BCUT2D eigenvalue weighted by molar-refractivity contribution is 7.25. The summed E-state index contributed by atoms with van der Waals surface area (Å²) in [6.45, 7) is 0. The summed E-state index contributed by atoms with van der Waals surface area (Å²) in [5, 5.41) is -1.50. The van der Waals surface area contributed by atoms with Crippen LogP contribution in [0.1, 0.15) is 37.0 Å². The molecule has 234 valence electrons. The van der Waals surface area contributed by atoms with Gasteiger partial charge >= 0.3 is 0 Å². The molecule has 0 aliphatic carbocycles. The van der Waals surface area contributed by atoms with E-state index in [1.165, 1.54) is 0 Å². The smallest absolute Gasteiger partial charge is 0.164 e. The lowest BCUT2D eigenvalue weighted by Gasteiger charge is -2.11. The zero-order valence-corrected chi connectivity index (χ0v) is 25.5. The lowest BCUT2D eigenvalue weighted by atomic mass is 9.93. The van der Waals surface area contributed by atoms with Crippen LogP contribution in [-0.4, -0.2) is 15.0 Å². The molecular weight excluding hydrogens is 631 g/mol. The zero-order valence-electron chi connectivity index (χ0n) is 51.7. The molecule has 7 aromatic carbocycles. The van der Waals surface area contributed by atoms with E-state index in [1.54, 1.807) is 0 Å². The van der Waals surface area contributed by atoms with E-state index >= 15 is 0 Å². The summed E-state index contributed by atoms with van der Waals surface area (Å²) in [5.74, 6) is -2.21. The summed E-state index contributed by atoms with van der Waals surface area (Å²) in [7, 11) is 0. The minimum absolute atomic E-state index is 0.276. The minimum Gasteiger partial charge on any atom is -0.456 e. The van der Waals surface area contributed by atoms with Crippen molar-refractivity contribution in [3.05, 3.63) is 163 Å². The van der Waals surface area contributed by atoms with Gasteiger partial charge in [-0.2, -0.15) is 0 Å². The normalized spacial score (nSPS) is 19.2. The Bertz CT molecular complexity index is 4290. The number of para-hydroxylation sites is 1. The van der Waals surface area contributed by atoms with Crippen LogP contribution in [0.5, 0.6) is 0 Å². The largest absolute Gasteiger partial charge is 0.456 e. The third kappa shape index (κ3) is 4.87. The third-order valence-electron chi connectivity index (χ3n) is 7.39. The van der Waals surface area contributed by atoms with Crippen LogP contribution in [0.4, 0.5) is 0 Å². The van der Waals surface area contributed by atoms with Crippen LogP contribution < -0.4 is 0 Å². The first kappa shape index (κ1) is 12.5. The number of nitrogens with zero attached hydrogens (tertiary/aromatic N) is 3. The van der Waals surface area contributed by atoms with E-state index < -0.39 is 236 Å². The van der Waals surface area contributed by atoms with Gasteiger partial charge in [-0.25, -0.2) is 15.0 Å². The molecule has 3 heterocycles. The second kappa shape index (κ2) is 11.6. The predicted octanol–water partition coefficient (Wildman–Crippen LogP) is 12.5. The van der Waals surface area contributed by atoms with Gasteiger partial charge in [0, 0.05) is 47.6 Å². The molecule has 10 aromatic rings. The summed E-state index contributed by atoms with van der Waals surface area (Å²) in [4.78, 5) is 12.8. The molecule has 0 bridgehead atoms. The quantitative estimate of drug-likeness (QED) is 0.181. The van der Waals surface area contributed by atoms with Gasteiger partial charge in [0.15, 0.2) is 17.5 Å². The highest BCUT2D eigenvalue weighted by Crippen LogP contribution is 2.41. The van der Waals surface area contributed by atoms with E-state index in [-0.39, 0.29) is 25.6 Å². The molecule has 0 radical (unpaired) electrons. The lowest BCUT2D eigenvalue weighted by Crippen LogP contribution is -1.99. The van der Waals surface area contributed by atoms with Crippen molar-refractivity contribution in [2.24, 2.45) is 0 Å². The molecule has 0 amide bonds. The minimum atomic E-state index is -0.940. The van der Waals surface area contributed by atoms with Gasteiger partial charge in [0.1, 0.15) is 11.2 Å². The molecular formula is C45H27N3OS. The third-order valence-corrected chi connectivity index (χ3v) is 8.41. The number of aromatic nitrogens is 3. The Hall–Kier alpha value is -6.43. The van der Waals surface area contributed by atoms with Crippen molar-refractivity contribution >= 4 is 53.4 Å². The Morgan fingerprint density at radius 1 is 0.380 bits per heavy atom. The molecule has 0 aliphatic heterocycles. The molecule has 0 aliphatic rings. The van der Waals surface area contributed by atoms with Gasteiger partial charge in [-0.15, -0.1) is 11.3 Å². The topological polar surface area (TPSA) is 51.8 Å². The fourth-order valence-corrected chi connectivity index (χ4v) is 6.19. The zero-order chi connectivity index (χ0) is 56.5. The maximum atomic E-state index is 9.66. The van der Waals surface area contributed by atoms with Gasteiger partial charge in [0.2, 0.25) is 0 Å². The maximum Gasteiger partial charge on any atom is 0.164 e. The molecule has 3 aromatic heterocycles. The van der Waals surface area contributed by atoms with E-state index in [4.69, 9.17) is 30.5 Å².